The zero-order chi connectivity index (χ0) is 18.8. The van der Waals surface area contributed by atoms with Crippen molar-refractivity contribution >= 4 is 35.1 Å². The second-order valence-electron chi connectivity index (χ2n) is 6.44. The van der Waals surface area contributed by atoms with Crippen molar-refractivity contribution in [3.63, 3.8) is 0 Å². The molecule has 0 spiro atoms. The molecule has 0 fully saturated rings. The third kappa shape index (κ3) is 3.35. The lowest BCUT2D eigenvalue weighted by molar-refractivity contribution is 0.0985. The molecular formula is C22H19BNO2S. The Bertz CT molecular complexity index is 1020. The van der Waals surface area contributed by atoms with Gasteiger partial charge in [-0.15, -0.1) is 0 Å². The maximum atomic E-state index is 13.1. The number of fused-ring (bicyclic) bond motifs is 2. The van der Waals surface area contributed by atoms with Crippen LogP contribution in [0.2, 0.25) is 0 Å². The lowest BCUT2D eigenvalue weighted by Crippen LogP contribution is -2.31. The Morgan fingerprint density at radius 1 is 0.926 bits per heavy atom. The topological polar surface area (TPSA) is 37.4 Å². The van der Waals surface area contributed by atoms with Crippen LogP contribution >= 0.6 is 0 Å². The van der Waals surface area contributed by atoms with Crippen LogP contribution in [0.3, 0.4) is 0 Å². The molecule has 27 heavy (non-hydrogen) atoms. The number of amides is 1. The largest absolute Gasteiger partial charge is 0.307 e. The maximum Gasteiger partial charge on any atom is 0.259 e. The molecule has 3 aromatic carbocycles. The fourth-order valence-electron chi connectivity index (χ4n) is 3.37. The number of hydrogen-bond acceptors (Lipinski definition) is 2. The van der Waals surface area contributed by atoms with Crippen LogP contribution < -0.4 is 10.4 Å². The molecule has 1 unspecified atom stereocenters. The van der Waals surface area contributed by atoms with Crippen molar-refractivity contribution in [2.45, 2.75) is 23.0 Å². The van der Waals surface area contributed by atoms with Crippen molar-refractivity contribution in [3.05, 3.63) is 83.9 Å². The summed E-state index contributed by atoms with van der Waals surface area (Å²) in [6.07, 6.45) is 0.809. The average molecular weight is 372 g/mol. The molecule has 4 rings (SSSR count). The Labute approximate surface area is 162 Å². The number of anilines is 1. The van der Waals surface area contributed by atoms with Gasteiger partial charge in [-0.1, -0.05) is 59.6 Å². The predicted octanol–water partition coefficient (Wildman–Crippen LogP) is 3.36. The standard InChI is InChI=1S/C22H19BNO2S/c1-2-24-19-14-17(23-15-16-8-4-3-5-9-16)12-13-21(19)27(26)20-11-7-6-10-18(20)22(24)25/h3-14H,2,15H2,1H3. The molecule has 133 valence electrons. The summed E-state index contributed by atoms with van der Waals surface area (Å²) in [5.74, 6) is -0.0968. The Kier molecular flexibility index (Phi) is 4.95. The summed E-state index contributed by atoms with van der Waals surface area (Å²) in [5, 5.41) is 0. The van der Waals surface area contributed by atoms with E-state index in [-0.39, 0.29) is 5.91 Å². The van der Waals surface area contributed by atoms with Gasteiger partial charge in [-0.25, -0.2) is 4.21 Å². The second-order valence-corrected chi connectivity index (χ2v) is 7.85. The van der Waals surface area contributed by atoms with Crippen molar-refractivity contribution in [1.29, 1.82) is 0 Å². The molecule has 0 aromatic heterocycles. The van der Waals surface area contributed by atoms with Gasteiger partial charge in [-0.05, 0) is 37.5 Å². The van der Waals surface area contributed by atoms with Crippen molar-refractivity contribution in [2.24, 2.45) is 0 Å². The molecule has 1 amide bonds. The van der Waals surface area contributed by atoms with Crippen LogP contribution in [0.1, 0.15) is 22.8 Å². The number of benzene rings is 3. The van der Waals surface area contributed by atoms with Crippen LogP contribution in [0.25, 0.3) is 0 Å². The van der Waals surface area contributed by atoms with Crippen LogP contribution in [-0.2, 0) is 17.1 Å². The van der Waals surface area contributed by atoms with Crippen molar-refractivity contribution in [2.75, 3.05) is 11.4 Å². The summed E-state index contributed by atoms with van der Waals surface area (Å²) in [6, 6.07) is 23.3. The van der Waals surface area contributed by atoms with E-state index in [1.807, 2.05) is 55.5 Å². The number of nitrogens with zero attached hydrogens (tertiary/aromatic N) is 1. The molecule has 1 aliphatic rings. The molecule has 0 N–H and O–H groups in total. The minimum Gasteiger partial charge on any atom is -0.307 e. The second kappa shape index (κ2) is 7.53. The molecule has 1 atom stereocenters. The molecule has 0 bridgehead atoms. The van der Waals surface area contributed by atoms with Gasteiger partial charge in [-0.2, -0.15) is 0 Å². The van der Waals surface area contributed by atoms with E-state index < -0.39 is 10.8 Å². The van der Waals surface area contributed by atoms with Crippen LogP contribution in [0.5, 0.6) is 0 Å². The lowest BCUT2D eigenvalue weighted by atomic mass is 9.65. The molecule has 5 heteroatoms. The van der Waals surface area contributed by atoms with Crippen molar-refractivity contribution in [3.8, 4) is 0 Å². The SMILES string of the molecule is CCN1C(=O)c2ccccc2S(=O)c2ccc([B]Cc3ccccc3)cc21. The van der Waals surface area contributed by atoms with Gasteiger partial charge in [0.15, 0.2) is 7.28 Å². The summed E-state index contributed by atoms with van der Waals surface area (Å²) in [4.78, 5) is 16.0. The number of rotatable bonds is 4. The first kappa shape index (κ1) is 17.7. The van der Waals surface area contributed by atoms with Crippen LogP contribution in [0.4, 0.5) is 5.69 Å². The van der Waals surface area contributed by atoms with Crippen LogP contribution in [0.15, 0.2) is 82.6 Å². The van der Waals surface area contributed by atoms with Crippen LogP contribution in [-0.4, -0.2) is 23.9 Å². The highest BCUT2D eigenvalue weighted by Gasteiger charge is 2.29. The van der Waals surface area contributed by atoms with Crippen molar-refractivity contribution < 1.29 is 9.00 Å². The van der Waals surface area contributed by atoms with Gasteiger partial charge in [0.05, 0.1) is 31.8 Å². The monoisotopic (exact) mass is 372 g/mol. The highest BCUT2D eigenvalue weighted by molar-refractivity contribution is 7.85. The Morgan fingerprint density at radius 2 is 1.67 bits per heavy atom. The van der Waals surface area contributed by atoms with E-state index in [2.05, 4.69) is 19.4 Å². The van der Waals surface area contributed by atoms with E-state index in [9.17, 15) is 9.00 Å². The van der Waals surface area contributed by atoms with Gasteiger partial charge >= 0.3 is 0 Å². The quantitative estimate of drug-likeness (QED) is 0.659. The molecule has 1 heterocycles. The predicted molar refractivity (Wildman–Crippen MR) is 110 cm³/mol. The average Bonchev–Trinajstić information content (AvgIpc) is 2.81. The van der Waals surface area contributed by atoms with E-state index in [4.69, 9.17) is 0 Å². The third-order valence-electron chi connectivity index (χ3n) is 4.77. The fraction of sp³-hybridized carbons (Fsp3) is 0.136. The zero-order valence-electron chi connectivity index (χ0n) is 15.1. The molecule has 3 aromatic rings. The lowest BCUT2D eigenvalue weighted by Gasteiger charge is -2.21. The van der Waals surface area contributed by atoms with Gasteiger partial charge in [0.1, 0.15) is 0 Å². The Balaban J connectivity index is 1.72. The summed E-state index contributed by atoms with van der Waals surface area (Å²) in [5.41, 5.74) is 3.50. The minimum absolute atomic E-state index is 0.0968. The molecular weight excluding hydrogens is 353 g/mol. The first-order valence-corrected chi connectivity index (χ1v) is 10.2. The first-order valence-electron chi connectivity index (χ1n) is 9.03. The molecule has 3 nitrogen and oxygen atoms in total. The molecule has 0 aliphatic carbocycles. The molecule has 1 radical (unpaired) electrons. The molecule has 0 saturated heterocycles. The molecule has 0 saturated carbocycles. The summed E-state index contributed by atoms with van der Waals surface area (Å²) in [7, 11) is 0.759. The van der Waals surface area contributed by atoms with E-state index in [0.717, 1.165) is 17.5 Å². The summed E-state index contributed by atoms with van der Waals surface area (Å²) in [6.45, 7) is 2.47. The highest BCUT2D eigenvalue weighted by atomic mass is 32.2. The van der Waals surface area contributed by atoms with Crippen molar-refractivity contribution in [1.82, 2.24) is 0 Å². The highest BCUT2D eigenvalue weighted by Crippen LogP contribution is 2.33. The third-order valence-corrected chi connectivity index (χ3v) is 6.27. The Hall–Kier alpha value is -2.66. The Morgan fingerprint density at radius 3 is 2.44 bits per heavy atom. The van der Waals surface area contributed by atoms with E-state index in [1.165, 1.54) is 5.56 Å². The minimum atomic E-state index is -1.38. The van der Waals surface area contributed by atoms with E-state index in [1.54, 1.807) is 17.0 Å². The smallest absolute Gasteiger partial charge is 0.259 e. The summed E-state index contributed by atoms with van der Waals surface area (Å²) < 4.78 is 13.1. The maximum absolute atomic E-state index is 13.1. The van der Waals surface area contributed by atoms with Gasteiger partial charge in [-0.3, -0.25) is 4.79 Å². The van der Waals surface area contributed by atoms with E-state index >= 15 is 0 Å². The van der Waals surface area contributed by atoms with Crippen LogP contribution in [0, 0.1) is 0 Å². The van der Waals surface area contributed by atoms with Gasteiger partial charge in [0.2, 0.25) is 0 Å². The molecule has 1 aliphatic heterocycles. The number of carbonyl (C=O) groups excluding carboxylic acids is 1. The zero-order valence-corrected chi connectivity index (χ0v) is 15.9. The fourth-order valence-corrected chi connectivity index (χ4v) is 4.72. The van der Waals surface area contributed by atoms with Gasteiger partial charge < -0.3 is 4.90 Å². The van der Waals surface area contributed by atoms with Gasteiger partial charge in [0, 0.05) is 6.54 Å². The summed E-state index contributed by atoms with van der Waals surface area (Å²) >= 11 is 0. The van der Waals surface area contributed by atoms with Gasteiger partial charge in [0.25, 0.3) is 5.91 Å². The van der Waals surface area contributed by atoms with E-state index in [0.29, 0.717) is 21.9 Å². The number of hydrogen-bond donors (Lipinski definition) is 0. The number of carbonyl (C=O) groups is 1. The first-order chi connectivity index (χ1) is 13.2. The normalized spacial score (nSPS) is 15.7.